The van der Waals surface area contributed by atoms with E-state index in [0.29, 0.717) is 17.9 Å². The van der Waals surface area contributed by atoms with Gasteiger partial charge in [-0.3, -0.25) is 4.90 Å². The van der Waals surface area contributed by atoms with E-state index in [0.717, 1.165) is 0 Å². The number of hydrogen-bond acceptors (Lipinski definition) is 2. The maximum atomic E-state index is 11.1. The van der Waals surface area contributed by atoms with Crippen LogP contribution in [0.5, 0.6) is 0 Å². The number of nitrogens with zero attached hydrogens (tertiary/aromatic N) is 1. The first-order chi connectivity index (χ1) is 8.08. The van der Waals surface area contributed by atoms with Gasteiger partial charge in [0.1, 0.15) is 0 Å². The SMILES string of the molecule is CCN(C(=O)O)c1cccc(NC(=O)NC)c1. The van der Waals surface area contributed by atoms with Crippen LogP contribution in [0.15, 0.2) is 24.3 Å². The van der Waals surface area contributed by atoms with Gasteiger partial charge in [-0.15, -0.1) is 0 Å². The van der Waals surface area contributed by atoms with Gasteiger partial charge in [0, 0.05) is 25.0 Å². The zero-order valence-corrected chi connectivity index (χ0v) is 9.73. The standard InChI is InChI=1S/C11H15N3O3/c1-3-14(11(16)17)9-6-4-5-8(7-9)13-10(15)12-2/h4-7H,3H2,1-2H3,(H,16,17)(H2,12,13,15). The lowest BCUT2D eigenvalue weighted by atomic mass is 10.2. The summed E-state index contributed by atoms with van der Waals surface area (Å²) in [5.74, 6) is 0. The highest BCUT2D eigenvalue weighted by atomic mass is 16.4. The Bertz CT molecular complexity index is 420. The molecule has 0 aliphatic rings. The number of nitrogens with one attached hydrogen (secondary N) is 2. The molecule has 0 spiro atoms. The predicted octanol–water partition coefficient (Wildman–Crippen LogP) is 1.94. The maximum absolute atomic E-state index is 11.1. The Kier molecular flexibility index (Phi) is 4.33. The first-order valence-electron chi connectivity index (χ1n) is 5.17. The molecule has 0 unspecified atom stereocenters. The summed E-state index contributed by atoms with van der Waals surface area (Å²) in [5.41, 5.74) is 1.07. The van der Waals surface area contributed by atoms with Crippen molar-refractivity contribution >= 4 is 23.5 Å². The van der Waals surface area contributed by atoms with E-state index in [-0.39, 0.29) is 6.03 Å². The number of hydrogen-bond donors (Lipinski definition) is 3. The van der Waals surface area contributed by atoms with Crippen LogP contribution in [0.2, 0.25) is 0 Å². The summed E-state index contributed by atoms with van der Waals surface area (Å²) in [4.78, 5) is 23.3. The van der Waals surface area contributed by atoms with Crippen LogP contribution in [0.4, 0.5) is 21.0 Å². The molecule has 3 amide bonds. The highest BCUT2D eigenvalue weighted by molar-refractivity contribution is 5.91. The highest BCUT2D eigenvalue weighted by Crippen LogP contribution is 2.19. The number of benzene rings is 1. The molecule has 1 aromatic rings. The topological polar surface area (TPSA) is 81.7 Å². The van der Waals surface area contributed by atoms with Crippen LogP contribution in [0.3, 0.4) is 0 Å². The van der Waals surface area contributed by atoms with Crippen molar-refractivity contribution in [2.75, 3.05) is 23.8 Å². The van der Waals surface area contributed by atoms with Crippen molar-refractivity contribution < 1.29 is 14.7 Å². The number of urea groups is 1. The van der Waals surface area contributed by atoms with Crippen LogP contribution in [-0.2, 0) is 0 Å². The third-order valence-corrected chi connectivity index (χ3v) is 2.19. The maximum Gasteiger partial charge on any atom is 0.411 e. The Morgan fingerprint density at radius 2 is 2.12 bits per heavy atom. The minimum Gasteiger partial charge on any atom is -0.465 e. The smallest absolute Gasteiger partial charge is 0.411 e. The fourth-order valence-electron chi connectivity index (χ4n) is 1.37. The van der Waals surface area contributed by atoms with Crippen molar-refractivity contribution in [1.29, 1.82) is 0 Å². The molecular weight excluding hydrogens is 222 g/mol. The van der Waals surface area contributed by atoms with Gasteiger partial charge in [0.25, 0.3) is 0 Å². The van der Waals surface area contributed by atoms with Crippen molar-refractivity contribution in [2.45, 2.75) is 6.92 Å². The predicted molar refractivity (Wildman–Crippen MR) is 65.6 cm³/mol. The first-order valence-corrected chi connectivity index (χ1v) is 5.17. The third-order valence-electron chi connectivity index (χ3n) is 2.19. The summed E-state index contributed by atoms with van der Waals surface area (Å²) < 4.78 is 0. The summed E-state index contributed by atoms with van der Waals surface area (Å²) in [6.45, 7) is 2.09. The number of rotatable bonds is 3. The molecular formula is C11H15N3O3. The van der Waals surface area contributed by atoms with Crippen molar-refractivity contribution in [2.24, 2.45) is 0 Å². The van der Waals surface area contributed by atoms with Crippen molar-refractivity contribution in [1.82, 2.24) is 5.32 Å². The zero-order chi connectivity index (χ0) is 12.8. The largest absolute Gasteiger partial charge is 0.465 e. The van der Waals surface area contributed by atoms with E-state index in [9.17, 15) is 9.59 Å². The Morgan fingerprint density at radius 3 is 2.65 bits per heavy atom. The second kappa shape index (κ2) is 5.74. The van der Waals surface area contributed by atoms with Crippen LogP contribution in [0, 0.1) is 0 Å². The fourth-order valence-corrected chi connectivity index (χ4v) is 1.37. The Labute approximate surface area is 99.2 Å². The lowest BCUT2D eigenvalue weighted by Gasteiger charge is -2.17. The van der Waals surface area contributed by atoms with E-state index in [2.05, 4.69) is 10.6 Å². The second-order valence-electron chi connectivity index (χ2n) is 3.28. The van der Waals surface area contributed by atoms with E-state index < -0.39 is 6.09 Å². The van der Waals surface area contributed by atoms with Crippen LogP contribution >= 0.6 is 0 Å². The van der Waals surface area contributed by atoms with Gasteiger partial charge in [-0.05, 0) is 25.1 Å². The van der Waals surface area contributed by atoms with Crippen molar-refractivity contribution in [3.8, 4) is 0 Å². The van der Waals surface area contributed by atoms with Crippen LogP contribution in [0.25, 0.3) is 0 Å². The van der Waals surface area contributed by atoms with Crippen LogP contribution in [-0.4, -0.2) is 30.8 Å². The van der Waals surface area contributed by atoms with Gasteiger partial charge in [-0.2, -0.15) is 0 Å². The number of carboxylic acid groups (broad SMARTS) is 1. The Balaban J connectivity index is 2.91. The van der Waals surface area contributed by atoms with E-state index in [1.165, 1.54) is 11.9 Å². The van der Waals surface area contributed by atoms with E-state index in [4.69, 9.17) is 5.11 Å². The molecule has 0 aromatic heterocycles. The molecule has 0 heterocycles. The number of amides is 3. The molecule has 0 fully saturated rings. The fraction of sp³-hybridized carbons (Fsp3) is 0.273. The van der Waals surface area contributed by atoms with Gasteiger partial charge in [0.15, 0.2) is 0 Å². The molecule has 17 heavy (non-hydrogen) atoms. The summed E-state index contributed by atoms with van der Waals surface area (Å²) in [5, 5.41) is 14.0. The molecule has 0 aliphatic heterocycles. The molecule has 3 N–H and O–H groups in total. The molecule has 0 atom stereocenters. The first kappa shape index (κ1) is 12.8. The van der Waals surface area contributed by atoms with Gasteiger partial charge < -0.3 is 15.7 Å². The van der Waals surface area contributed by atoms with E-state index in [1.807, 2.05) is 0 Å². The van der Waals surface area contributed by atoms with Crippen LogP contribution < -0.4 is 15.5 Å². The summed E-state index contributed by atoms with van der Waals surface area (Å²) >= 11 is 0. The second-order valence-corrected chi connectivity index (χ2v) is 3.28. The van der Waals surface area contributed by atoms with Gasteiger partial charge in [-0.1, -0.05) is 6.07 Å². The van der Waals surface area contributed by atoms with Crippen molar-refractivity contribution in [3.63, 3.8) is 0 Å². The molecule has 0 bridgehead atoms. The molecule has 6 nitrogen and oxygen atoms in total. The summed E-state index contributed by atoms with van der Waals surface area (Å²) in [6, 6.07) is 6.31. The molecule has 92 valence electrons. The number of anilines is 2. The van der Waals surface area contributed by atoms with E-state index in [1.54, 1.807) is 31.2 Å². The molecule has 1 rings (SSSR count). The minimum atomic E-state index is -1.02. The monoisotopic (exact) mass is 237 g/mol. The van der Waals surface area contributed by atoms with Gasteiger partial charge in [0.05, 0.1) is 0 Å². The summed E-state index contributed by atoms with van der Waals surface area (Å²) in [7, 11) is 1.51. The Morgan fingerprint density at radius 1 is 1.41 bits per heavy atom. The minimum absolute atomic E-state index is 0.346. The number of carbonyl (C=O) groups excluding carboxylic acids is 1. The molecule has 0 radical (unpaired) electrons. The number of carbonyl (C=O) groups is 2. The van der Waals surface area contributed by atoms with E-state index >= 15 is 0 Å². The third kappa shape index (κ3) is 3.37. The normalized spacial score (nSPS) is 9.53. The van der Waals surface area contributed by atoms with Crippen LogP contribution in [0.1, 0.15) is 6.92 Å². The van der Waals surface area contributed by atoms with Gasteiger partial charge in [-0.25, -0.2) is 9.59 Å². The molecule has 0 aliphatic carbocycles. The quantitative estimate of drug-likeness (QED) is 0.751. The van der Waals surface area contributed by atoms with Crippen molar-refractivity contribution in [3.05, 3.63) is 24.3 Å². The molecule has 0 saturated carbocycles. The highest BCUT2D eigenvalue weighted by Gasteiger charge is 2.12. The lowest BCUT2D eigenvalue weighted by molar-refractivity contribution is 0.202. The van der Waals surface area contributed by atoms with Gasteiger partial charge >= 0.3 is 12.1 Å². The summed E-state index contributed by atoms with van der Waals surface area (Å²) in [6.07, 6.45) is -1.02. The Hall–Kier alpha value is -2.24. The average Bonchev–Trinajstić information content (AvgIpc) is 2.30. The van der Waals surface area contributed by atoms with Gasteiger partial charge in [0.2, 0.25) is 0 Å². The zero-order valence-electron chi connectivity index (χ0n) is 9.73. The molecule has 1 aromatic carbocycles. The molecule has 0 saturated heterocycles. The average molecular weight is 237 g/mol. The lowest BCUT2D eigenvalue weighted by Crippen LogP contribution is -2.29. The molecule has 6 heteroatoms.